The van der Waals surface area contributed by atoms with Gasteiger partial charge in [0.1, 0.15) is 5.54 Å². The van der Waals surface area contributed by atoms with Crippen molar-refractivity contribution in [1.82, 2.24) is 0 Å². The maximum absolute atomic E-state index is 10.7. The number of anilines is 1. The second kappa shape index (κ2) is 4.95. The van der Waals surface area contributed by atoms with Crippen molar-refractivity contribution in [3.05, 3.63) is 29.3 Å². The molecule has 0 bridgehead atoms. The van der Waals surface area contributed by atoms with E-state index in [4.69, 9.17) is 0 Å². The molecule has 0 aliphatic heterocycles. The number of nitrogens with zero attached hydrogens (tertiary/aromatic N) is 2. The lowest BCUT2D eigenvalue weighted by Crippen LogP contribution is -2.33. The second-order valence-electron chi connectivity index (χ2n) is 5.19. The van der Waals surface area contributed by atoms with Gasteiger partial charge in [0, 0.05) is 25.3 Å². The molecule has 0 N–H and O–H groups in total. The fourth-order valence-corrected chi connectivity index (χ4v) is 2.61. The molecule has 0 amide bonds. The smallest absolute Gasteiger partial charge is 0.235 e. The summed E-state index contributed by atoms with van der Waals surface area (Å²) < 4.78 is 0. The van der Waals surface area contributed by atoms with Crippen molar-refractivity contribution in [2.45, 2.75) is 38.1 Å². The molecule has 1 aromatic carbocycles. The minimum Gasteiger partial charge on any atom is -0.377 e. The summed E-state index contributed by atoms with van der Waals surface area (Å²) in [5.74, 6) is 0. The first-order chi connectivity index (χ1) is 8.63. The van der Waals surface area contributed by atoms with Gasteiger partial charge in [0.2, 0.25) is 6.08 Å². The molecule has 96 valence electrons. The fourth-order valence-electron chi connectivity index (χ4n) is 2.61. The van der Waals surface area contributed by atoms with Gasteiger partial charge in [-0.15, -0.1) is 0 Å². The Balaban J connectivity index is 2.55. The van der Waals surface area contributed by atoms with Gasteiger partial charge < -0.3 is 4.90 Å². The Morgan fingerprint density at radius 2 is 2.11 bits per heavy atom. The number of isocyanates is 1. The molecule has 1 saturated carbocycles. The van der Waals surface area contributed by atoms with Crippen LogP contribution >= 0.6 is 0 Å². The zero-order chi connectivity index (χ0) is 13.2. The van der Waals surface area contributed by atoms with E-state index < -0.39 is 0 Å². The molecule has 0 saturated heterocycles. The van der Waals surface area contributed by atoms with Crippen molar-refractivity contribution in [3.8, 4) is 0 Å². The van der Waals surface area contributed by atoms with Gasteiger partial charge in [-0.05, 0) is 37.3 Å². The minimum atomic E-state index is -0.313. The van der Waals surface area contributed by atoms with Gasteiger partial charge in [-0.2, -0.15) is 4.99 Å². The lowest BCUT2D eigenvalue weighted by Gasteiger charge is -2.39. The van der Waals surface area contributed by atoms with E-state index >= 15 is 0 Å². The molecule has 0 radical (unpaired) electrons. The Labute approximate surface area is 109 Å². The average Bonchev–Trinajstić information content (AvgIpc) is 2.33. The van der Waals surface area contributed by atoms with E-state index in [1.807, 2.05) is 14.1 Å². The molecule has 18 heavy (non-hydrogen) atoms. The Morgan fingerprint density at radius 3 is 2.56 bits per heavy atom. The van der Waals surface area contributed by atoms with Crippen molar-refractivity contribution in [1.29, 1.82) is 0 Å². The van der Waals surface area contributed by atoms with Crippen LogP contribution in [0.3, 0.4) is 0 Å². The van der Waals surface area contributed by atoms with Crippen LogP contribution in [-0.4, -0.2) is 20.2 Å². The Hall–Kier alpha value is -1.60. The van der Waals surface area contributed by atoms with Gasteiger partial charge in [0.05, 0.1) is 0 Å². The summed E-state index contributed by atoms with van der Waals surface area (Å²) in [4.78, 5) is 16.9. The van der Waals surface area contributed by atoms with Crippen molar-refractivity contribution < 1.29 is 4.79 Å². The number of hydrogen-bond acceptors (Lipinski definition) is 3. The Bertz CT molecular complexity index is 483. The van der Waals surface area contributed by atoms with Crippen molar-refractivity contribution in [2.75, 3.05) is 19.0 Å². The van der Waals surface area contributed by atoms with Crippen LogP contribution in [0.2, 0.25) is 0 Å². The van der Waals surface area contributed by atoms with Gasteiger partial charge in [0.25, 0.3) is 0 Å². The first-order valence-electron chi connectivity index (χ1n) is 6.53. The van der Waals surface area contributed by atoms with Crippen molar-refractivity contribution in [2.24, 2.45) is 4.99 Å². The lowest BCUT2D eigenvalue weighted by atomic mass is 9.71. The predicted molar refractivity (Wildman–Crippen MR) is 73.8 cm³/mol. The zero-order valence-electron chi connectivity index (χ0n) is 11.4. The summed E-state index contributed by atoms with van der Waals surface area (Å²) >= 11 is 0. The highest BCUT2D eigenvalue weighted by atomic mass is 16.1. The summed E-state index contributed by atoms with van der Waals surface area (Å²) in [6.07, 6.45) is 5.81. The molecule has 1 fully saturated rings. The highest BCUT2D eigenvalue weighted by Gasteiger charge is 2.40. The molecule has 3 heteroatoms. The molecule has 0 unspecified atom stereocenters. The maximum atomic E-state index is 10.7. The monoisotopic (exact) mass is 244 g/mol. The molecule has 0 atom stereocenters. The summed E-state index contributed by atoms with van der Waals surface area (Å²) in [6, 6.07) is 6.49. The SMILES string of the molecule is CCc1ccc(N(C)C)c(C2(N=C=O)CCC2)c1. The third-order valence-electron chi connectivity index (χ3n) is 3.89. The maximum Gasteiger partial charge on any atom is 0.235 e. The summed E-state index contributed by atoms with van der Waals surface area (Å²) in [5.41, 5.74) is 3.32. The molecule has 1 aliphatic carbocycles. The van der Waals surface area contributed by atoms with E-state index in [1.54, 1.807) is 6.08 Å². The summed E-state index contributed by atoms with van der Waals surface area (Å²) in [7, 11) is 4.06. The molecular formula is C15H20N2O. The number of rotatable bonds is 4. The highest BCUT2D eigenvalue weighted by molar-refractivity contribution is 5.59. The Morgan fingerprint density at radius 1 is 1.39 bits per heavy atom. The van der Waals surface area contributed by atoms with Crippen LogP contribution in [0.1, 0.15) is 37.3 Å². The van der Waals surface area contributed by atoms with Crippen LogP contribution in [0.15, 0.2) is 23.2 Å². The largest absolute Gasteiger partial charge is 0.377 e. The quantitative estimate of drug-likeness (QED) is 0.602. The number of hydrogen-bond donors (Lipinski definition) is 0. The number of carbonyl (C=O) groups excluding carboxylic acids is 1. The first-order valence-corrected chi connectivity index (χ1v) is 6.53. The lowest BCUT2D eigenvalue weighted by molar-refractivity contribution is 0.256. The van der Waals surface area contributed by atoms with Crippen LogP contribution in [-0.2, 0) is 16.8 Å². The number of benzene rings is 1. The molecular weight excluding hydrogens is 224 g/mol. The minimum absolute atomic E-state index is 0.313. The highest BCUT2D eigenvalue weighted by Crippen LogP contribution is 2.48. The zero-order valence-corrected chi connectivity index (χ0v) is 11.4. The van der Waals surface area contributed by atoms with E-state index in [2.05, 4.69) is 35.0 Å². The van der Waals surface area contributed by atoms with E-state index in [1.165, 1.54) is 11.1 Å². The third kappa shape index (κ3) is 2.06. The van der Waals surface area contributed by atoms with Crippen LogP contribution in [0.5, 0.6) is 0 Å². The van der Waals surface area contributed by atoms with Gasteiger partial charge in [0.15, 0.2) is 0 Å². The molecule has 1 aliphatic rings. The van der Waals surface area contributed by atoms with Gasteiger partial charge in [-0.25, -0.2) is 4.79 Å². The van der Waals surface area contributed by atoms with Crippen LogP contribution in [0.25, 0.3) is 0 Å². The fraction of sp³-hybridized carbons (Fsp3) is 0.533. The van der Waals surface area contributed by atoms with Crippen LogP contribution in [0.4, 0.5) is 5.69 Å². The van der Waals surface area contributed by atoms with Crippen molar-refractivity contribution in [3.63, 3.8) is 0 Å². The number of aryl methyl sites for hydroxylation is 1. The molecule has 3 nitrogen and oxygen atoms in total. The summed E-state index contributed by atoms with van der Waals surface area (Å²) in [5, 5.41) is 0. The predicted octanol–water partition coefficient (Wildman–Crippen LogP) is 3.03. The molecule has 0 aromatic heterocycles. The topological polar surface area (TPSA) is 32.7 Å². The molecule has 0 spiro atoms. The van der Waals surface area contributed by atoms with Crippen molar-refractivity contribution >= 4 is 11.8 Å². The van der Waals surface area contributed by atoms with Crippen LogP contribution in [0, 0.1) is 0 Å². The van der Waals surface area contributed by atoms with E-state index in [-0.39, 0.29) is 5.54 Å². The summed E-state index contributed by atoms with van der Waals surface area (Å²) in [6.45, 7) is 2.14. The van der Waals surface area contributed by atoms with E-state index in [0.717, 1.165) is 31.4 Å². The average molecular weight is 244 g/mol. The standard InChI is InChI=1S/C15H20N2O/c1-4-12-6-7-14(17(2)3)13(10-12)15(16-11-18)8-5-9-15/h6-7,10H,4-5,8-9H2,1-3H3. The molecule has 2 rings (SSSR count). The molecule has 1 aromatic rings. The van der Waals surface area contributed by atoms with E-state index in [9.17, 15) is 4.79 Å². The van der Waals surface area contributed by atoms with Crippen LogP contribution < -0.4 is 4.90 Å². The number of aliphatic imine (C=N–C) groups is 1. The first kappa shape index (κ1) is 12.8. The Kier molecular flexibility index (Phi) is 3.53. The van der Waals surface area contributed by atoms with E-state index in [0.29, 0.717) is 0 Å². The second-order valence-corrected chi connectivity index (χ2v) is 5.19. The van der Waals surface area contributed by atoms with Gasteiger partial charge in [-0.3, -0.25) is 0 Å². The molecule has 0 heterocycles. The van der Waals surface area contributed by atoms with Gasteiger partial charge >= 0.3 is 0 Å². The third-order valence-corrected chi connectivity index (χ3v) is 3.89. The normalized spacial score (nSPS) is 16.6. The van der Waals surface area contributed by atoms with Gasteiger partial charge in [-0.1, -0.05) is 19.1 Å².